The molecule has 6 heteroatoms. The van der Waals surface area contributed by atoms with Crippen molar-refractivity contribution in [2.24, 2.45) is 0 Å². The summed E-state index contributed by atoms with van der Waals surface area (Å²) in [5, 5.41) is 12.7. The second-order valence-electron chi connectivity index (χ2n) is 5.61. The van der Waals surface area contributed by atoms with Gasteiger partial charge in [0.25, 0.3) is 0 Å². The number of carbonyl (C=O) groups is 2. The first-order chi connectivity index (χ1) is 10.9. The van der Waals surface area contributed by atoms with E-state index in [-0.39, 0.29) is 12.3 Å². The molecular weight excluding hydrogens is 314 g/mol. The average molecular weight is 335 g/mol. The van der Waals surface area contributed by atoms with Gasteiger partial charge in [-0.1, -0.05) is 0 Å². The number of carboxylic acid groups (broad SMARTS) is 1. The van der Waals surface area contributed by atoms with Gasteiger partial charge in [0.1, 0.15) is 11.6 Å². The first-order valence-electron chi connectivity index (χ1n) is 7.40. The predicted octanol–water partition coefficient (Wildman–Crippen LogP) is 2.91. The summed E-state index contributed by atoms with van der Waals surface area (Å²) >= 11 is 1.55. The molecule has 0 aliphatic rings. The van der Waals surface area contributed by atoms with Crippen molar-refractivity contribution >= 4 is 34.6 Å². The van der Waals surface area contributed by atoms with Crippen molar-refractivity contribution in [3.63, 3.8) is 0 Å². The summed E-state index contributed by atoms with van der Waals surface area (Å²) in [6, 6.07) is 3.10. The Morgan fingerprint density at radius 3 is 2.65 bits per heavy atom. The van der Waals surface area contributed by atoms with E-state index in [1.54, 1.807) is 18.0 Å². The molecule has 1 unspecified atom stereocenters. The molecule has 1 aromatic carbocycles. The first kappa shape index (κ1) is 17.4. The van der Waals surface area contributed by atoms with Gasteiger partial charge in [-0.05, 0) is 55.5 Å². The van der Waals surface area contributed by atoms with Crippen molar-refractivity contribution in [1.29, 1.82) is 0 Å². The number of benzene rings is 1. The molecule has 23 heavy (non-hydrogen) atoms. The summed E-state index contributed by atoms with van der Waals surface area (Å²) in [6.07, 6.45) is 3.99. The third kappa shape index (κ3) is 4.28. The second kappa shape index (κ2) is 7.55. The number of amides is 1. The third-order valence-corrected chi connectivity index (χ3v) is 4.51. The number of aryl methyl sites for hydroxylation is 2. The molecule has 124 valence electrons. The lowest BCUT2D eigenvalue weighted by molar-refractivity contribution is -0.141. The molecule has 2 rings (SSSR count). The number of hydrogen-bond donors (Lipinski definition) is 2. The average Bonchev–Trinajstić information content (AvgIpc) is 2.86. The zero-order valence-corrected chi connectivity index (χ0v) is 14.3. The van der Waals surface area contributed by atoms with Crippen LogP contribution in [0, 0.1) is 13.8 Å². The maximum atomic E-state index is 12.2. The molecule has 0 spiro atoms. The van der Waals surface area contributed by atoms with E-state index in [9.17, 15) is 14.7 Å². The summed E-state index contributed by atoms with van der Waals surface area (Å²) in [6.45, 7) is 4.02. The predicted molar refractivity (Wildman–Crippen MR) is 92.0 cm³/mol. The molecular formula is C17H21NO4S. The molecule has 2 aromatic rings. The lowest BCUT2D eigenvalue weighted by Gasteiger charge is -2.13. The van der Waals surface area contributed by atoms with Gasteiger partial charge in [0.2, 0.25) is 5.91 Å². The first-order valence-corrected chi connectivity index (χ1v) is 8.80. The van der Waals surface area contributed by atoms with E-state index in [2.05, 4.69) is 5.32 Å². The fraction of sp³-hybridized carbons (Fsp3) is 0.412. The van der Waals surface area contributed by atoms with Gasteiger partial charge in [0, 0.05) is 10.9 Å². The van der Waals surface area contributed by atoms with Crippen molar-refractivity contribution in [2.75, 3.05) is 12.0 Å². The highest BCUT2D eigenvalue weighted by molar-refractivity contribution is 7.98. The van der Waals surface area contributed by atoms with Crippen LogP contribution in [0.15, 0.2) is 22.8 Å². The Kier molecular flexibility index (Phi) is 5.71. The lowest BCUT2D eigenvalue weighted by atomic mass is 10.0. The van der Waals surface area contributed by atoms with Crippen LogP contribution in [-0.4, -0.2) is 35.0 Å². The summed E-state index contributed by atoms with van der Waals surface area (Å²) in [5.41, 5.74) is 3.78. The molecule has 2 N–H and O–H groups in total. The second-order valence-corrected chi connectivity index (χ2v) is 6.60. The van der Waals surface area contributed by atoms with Gasteiger partial charge in [0.05, 0.1) is 12.7 Å². The minimum atomic E-state index is -1.00. The van der Waals surface area contributed by atoms with Crippen molar-refractivity contribution in [3.05, 3.63) is 35.1 Å². The van der Waals surface area contributed by atoms with Gasteiger partial charge in [-0.2, -0.15) is 11.8 Å². The quantitative estimate of drug-likeness (QED) is 0.813. The van der Waals surface area contributed by atoms with Crippen LogP contribution in [0.5, 0.6) is 0 Å². The largest absolute Gasteiger partial charge is 0.480 e. The number of aliphatic carboxylic acids is 1. The van der Waals surface area contributed by atoms with Crippen LogP contribution in [0.4, 0.5) is 0 Å². The van der Waals surface area contributed by atoms with Crippen LogP contribution < -0.4 is 5.32 Å². The van der Waals surface area contributed by atoms with Crippen LogP contribution >= 0.6 is 11.8 Å². The molecule has 0 aliphatic carbocycles. The summed E-state index contributed by atoms with van der Waals surface area (Å²) in [4.78, 5) is 23.4. The van der Waals surface area contributed by atoms with Crippen LogP contribution in [0.3, 0.4) is 0 Å². The van der Waals surface area contributed by atoms with E-state index in [0.717, 1.165) is 27.7 Å². The van der Waals surface area contributed by atoms with E-state index in [0.29, 0.717) is 12.2 Å². The summed E-state index contributed by atoms with van der Waals surface area (Å²) < 4.78 is 5.50. The van der Waals surface area contributed by atoms with Crippen LogP contribution in [0.25, 0.3) is 11.0 Å². The topological polar surface area (TPSA) is 79.5 Å². The number of carbonyl (C=O) groups excluding carboxylic acids is 1. The molecule has 0 radical (unpaired) electrons. The Morgan fingerprint density at radius 1 is 1.30 bits per heavy atom. The SMILES string of the molecule is CSCCC(NC(=O)Cc1coc2cc(C)c(C)cc12)C(=O)O. The van der Waals surface area contributed by atoms with Crippen LogP contribution in [0.1, 0.15) is 23.1 Å². The lowest BCUT2D eigenvalue weighted by Crippen LogP contribution is -2.41. The highest BCUT2D eigenvalue weighted by Gasteiger charge is 2.20. The fourth-order valence-corrected chi connectivity index (χ4v) is 2.86. The highest BCUT2D eigenvalue weighted by Crippen LogP contribution is 2.25. The number of fused-ring (bicyclic) bond motifs is 1. The molecule has 0 saturated carbocycles. The maximum Gasteiger partial charge on any atom is 0.326 e. The van der Waals surface area contributed by atoms with Gasteiger partial charge in [-0.15, -0.1) is 0 Å². The molecule has 0 saturated heterocycles. The van der Waals surface area contributed by atoms with E-state index in [1.807, 2.05) is 32.2 Å². The van der Waals surface area contributed by atoms with Gasteiger partial charge in [-0.25, -0.2) is 4.79 Å². The van der Waals surface area contributed by atoms with E-state index in [1.165, 1.54) is 0 Å². The Morgan fingerprint density at radius 2 is 2.00 bits per heavy atom. The van der Waals surface area contributed by atoms with E-state index < -0.39 is 12.0 Å². The Balaban J connectivity index is 2.10. The fourth-order valence-electron chi connectivity index (χ4n) is 2.38. The van der Waals surface area contributed by atoms with E-state index in [4.69, 9.17) is 4.42 Å². The molecule has 1 amide bonds. The molecule has 5 nitrogen and oxygen atoms in total. The number of rotatable bonds is 7. The minimum absolute atomic E-state index is 0.110. The van der Waals surface area contributed by atoms with Crippen molar-refractivity contribution in [2.45, 2.75) is 32.7 Å². The molecule has 1 heterocycles. The maximum absolute atomic E-state index is 12.2. The number of hydrogen-bond acceptors (Lipinski definition) is 4. The zero-order valence-electron chi connectivity index (χ0n) is 13.5. The standard InChI is InChI=1S/C17H21NO4S/c1-10-6-13-12(9-22-15(13)7-11(10)2)8-16(19)18-14(17(20)21)4-5-23-3/h6-7,9,14H,4-5,8H2,1-3H3,(H,18,19)(H,20,21). The van der Waals surface area contributed by atoms with Crippen LogP contribution in [0.2, 0.25) is 0 Å². The molecule has 1 aromatic heterocycles. The highest BCUT2D eigenvalue weighted by atomic mass is 32.2. The van der Waals surface area contributed by atoms with Crippen LogP contribution in [-0.2, 0) is 16.0 Å². The molecule has 0 fully saturated rings. The number of furan rings is 1. The van der Waals surface area contributed by atoms with Gasteiger partial charge < -0.3 is 14.8 Å². The normalized spacial score (nSPS) is 12.3. The van der Waals surface area contributed by atoms with Crippen molar-refractivity contribution in [1.82, 2.24) is 5.32 Å². The monoisotopic (exact) mass is 335 g/mol. The third-order valence-electron chi connectivity index (χ3n) is 3.86. The Labute approximate surface area is 139 Å². The zero-order chi connectivity index (χ0) is 17.0. The smallest absolute Gasteiger partial charge is 0.326 e. The van der Waals surface area contributed by atoms with Gasteiger partial charge >= 0.3 is 5.97 Å². The van der Waals surface area contributed by atoms with Crippen molar-refractivity contribution in [3.8, 4) is 0 Å². The summed E-state index contributed by atoms with van der Waals surface area (Å²) in [5.74, 6) is -0.625. The summed E-state index contributed by atoms with van der Waals surface area (Å²) in [7, 11) is 0. The Hall–Kier alpha value is -1.95. The van der Waals surface area contributed by atoms with Gasteiger partial charge in [-0.3, -0.25) is 4.79 Å². The molecule has 0 bridgehead atoms. The van der Waals surface area contributed by atoms with Gasteiger partial charge in [0.15, 0.2) is 0 Å². The minimum Gasteiger partial charge on any atom is -0.480 e. The number of nitrogens with one attached hydrogen (secondary N) is 1. The van der Waals surface area contributed by atoms with Crippen molar-refractivity contribution < 1.29 is 19.1 Å². The Bertz CT molecular complexity index is 723. The molecule has 0 aliphatic heterocycles. The number of carboxylic acids is 1. The number of thioether (sulfide) groups is 1. The van der Waals surface area contributed by atoms with E-state index >= 15 is 0 Å². The molecule has 1 atom stereocenters.